The van der Waals surface area contributed by atoms with E-state index in [-0.39, 0.29) is 17.7 Å². The van der Waals surface area contributed by atoms with Gasteiger partial charge < -0.3 is 10.6 Å². The first-order valence-corrected chi connectivity index (χ1v) is 12.4. The zero-order valence-electron chi connectivity index (χ0n) is 20.1. The third-order valence-electron chi connectivity index (χ3n) is 7.24. The Morgan fingerprint density at radius 1 is 0.971 bits per heavy atom. The molecule has 3 aromatic rings. The maximum absolute atomic E-state index is 12.7. The summed E-state index contributed by atoms with van der Waals surface area (Å²) in [4.78, 5) is 26.1. The number of piperidine rings is 3. The molecule has 35 heavy (non-hydrogen) atoms. The van der Waals surface area contributed by atoms with Crippen molar-refractivity contribution in [2.45, 2.75) is 32.4 Å². The lowest BCUT2D eigenvalue weighted by Crippen LogP contribution is -2.58. The molecule has 1 unspecified atom stereocenters. The number of fused-ring (bicyclic) bond motifs is 3. The zero-order valence-corrected chi connectivity index (χ0v) is 20.1. The van der Waals surface area contributed by atoms with Crippen LogP contribution in [0.1, 0.15) is 19.8 Å². The first-order chi connectivity index (χ1) is 17.1. The normalized spacial score (nSPS) is 23.1. The average Bonchev–Trinajstić information content (AvgIpc) is 3.36. The highest BCUT2D eigenvalue weighted by molar-refractivity contribution is 5.79. The Balaban J connectivity index is 1.16. The Morgan fingerprint density at radius 3 is 2.40 bits per heavy atom. The summed E-state index contributed by atoms with van der Waals surface area (Å²) >= 11 is 0. The number of carbonyl (C=O) groups is 2. The highest BCUT2D eigenvalue weighted by atomic mass is 16.2. The molecule has 4 atom stereocenters. The van der Waals surface area contributed by atoms with Crippen LogP contribution in [0.2, 0.25) is 0 Å². The second-order valence-electron chi connectivity index (χ2n) is 9.58. The van der Waals surface area contributed by atoms with Crippen molar-refractivity contribution in [1.29, 1.82) is 0 Å². The summed E-state index contributed by atoms with van der Waals surface area (Å²) in [6.07, 6.45) is 4.06. The Kier molecular flexibility index (Phi) is 6.90. The molecule has 8 nitrogen and oxygen atoms in total. The fourth-order valence-corrected chi connectivity index (χ4v) is 5.38. The van der Waals surface area contributed by atoms with E-state index >= 15 is 0 Å². The van der Waals surface area contributed by atoms with Crippen LogP contribution in [0.25, 0.3) is 22.4 Å². The van der Waals surface area contributed by atoms with Gasteiger partial charge in [0.05, 0.1) is 18.7 Å². The van der Waals surface area contributed by atoms with Crippen molar-refractivity contribution >= 4 is 11.8 Å². The Hall–Kier alpha value is -3.52. The van der Waals surface area contributed by atoms with E-state index in [4.69, 9.17) is 0 Å². The predicted octanol–water partition coefficient (Wildman–Crippen LogP) is 2.57. The maximum Gasteiger partial charge on any atom is 0.224 e. The van der Waals surface area contributed by atoms with Gasteiger partial charge in [-0.2, -0.15) is 0 Å². The van der Waals surface area contributed by atoms with Crippen LogP contribution in [0, 0.1) is 11.8 Å². The molecule has 182 valence electrons. The van der Waals surface area contributed by atoms with Crippen LogP contribution in [-0.4, -0.2) is 63.9 Å². The van der Waals surface area contributed by atoms with Gasteiger partial charge in [0.2, 0.25) is 11.8 Å². The number of amides is 2. The molecule has 0 radical (unpaired) electrons. The first kappa shape index (κ1) is 23.2. The lowest BCUT2D eigenvalue weighted by Gasteiger charge is -2.49. The first-order valence-electron chi connectivity index (χ1n) is 12.4. The van der Waals surface area contributed by atoms with Gasteiger partial charge in [0.25, 0.3) is 0 Å². The smallest absolute Gasteiger partial charge is 0.224 e. The van der Waals surface area contributed by atoms with Crippen molar-refractivity contribution in [2.75, 3.05) is 26.2 Å². The molecular formula is C27H32N6O2. The van der Waals surface area contributed by atoms with Crippen molar-refractivity contribution in [3.63, 3.8) is 0 Å². The van der Waals surface area contributed by atoms with E-state index in [0.29, 0.717) is 25.0 Å². The van der Waals surface area contributed by atoms with E-state index < -0.39 is 0 Å². The molecule has 2 bridgehead atoms. The minimum Gasteiger partial charge on any atom is -0.355 e. The van der Waals surface area contributed by atoms with Crippen molar-refractivity contribution in [3.8, 4) is 22.4 Å². The van der Waals surface area contributed by atoms with Crippen LogP contribution < -0.4 is 10.6 Å². The van der Waals surface area contributed by atoms with Crippen LogP contribution in [0.3, 0.4) is 0 Å². The largest absolute Gasteiger partial charge is 0.355 e. The topological polar surface area (TPSA) is 92.2 Å². The van der Waals surface area contributed by atoms with Crippen molar-refractivity contribution in [2.24, 2.45) is 11.8 Å². The van der Waals surface area contributed by atoms with Gasteiger partial charge >= 0.3 is 0 Å². The van der Waals surface area contributed by atoms with Crippen LogP contribution >= 0.6 is 0 Å². The standard InChI is InChI=1S/C27H32N6O2/c1-19(34)28-12-13-29-27(35)25-17-32-14-11-23(25)15-24(32)16-33-18-26(30-31-33)22-9-7-21(8-10-22)20-5-3-2-4-6-20/h2-10,18,23-25H,11-17H2,1H3,(H,28,34)(H,29,35)/t23-,24-,25-/m1/s1. The molecule has 0 spiro atoms. The summed E-state index contributed by atoms with van der Waals surface area (Å²) < 4.78 is 1.94. The quantitative estimate of drug-likeness (QED) is 0.492. The Bertz CT molecular complexity index is 1160. The number of nitrogens with zero attached hydrogens (tertiary/aromatic N) is 4. The van der Waals surface area contributed by atoms with Crippen LogP contribution in [0.15, 0.2) is 60.8 Å². The van der Waals surface area contributed by atoms with Crippen molar-refractivity contribution < 1.29 is 9.59 Å². The molecule has 1 aromatic heterocycles. The van der Waals surface area contributed by atoms with E-state index in [2.05, 4.69) is 62.2 Å². The van der Waals surface area contributed by atoms with Gasteiger partial charge in [-0.1, -0.05) is 59.8 Å². The summed E-state index contributed by atoms with van der Waals surface area (Å²) in [5.41, 5.74) is 4.31. The molecule has 2 amide bonds. The number of nitrogens with one attached hydrogen (secondary N) is 2. The highest BCUT2D eigenvalue weighted by Crippen LogP contribution is 2.37. The van der Waals surface area contributed by atoms with Crippen LogP contribution in [-0.2, 0) is 16.1 Å². The maximum atomic E-state index is 12.7. The van der Waals surface area contributed by atoms with Gasteiger partial charge in [0, 0.05) is 38.2 Å². The molecule has 0 aliphatic carbocycles. The Morgan fingerprint density at radius 2 is 1.69 bits per heavy atom. The lowest BCUT2D eigenvalue weighted by atomic mass is 9.75. The summed E-state index contributed by atoms with van der Waals surface area (Å²) in [6.45, 7) is 5.00. The number of rotatable bonds is 8. The van der Waals surface area contributed by atoms with E-state index in [1.165, 1.54) is 18.1 Å². The monoisotopic (exact) mass is 472 g/mol. The third kappa shape index (κ3) is 5.43. The van der Waals surface area contributed by atoms with Crippen molar-refractivity contribution in [3.05, 3.63) is 60.8 Å². The molecule has 2 N–H and O–H groups in total. The molecule has 0 saturated carbocycles. The number of benzene rings is 2. The molecule has 3 aliphatic rings. The van der Waals surface area contributed by atoms with Crippen LogP contribution in [0.5, 0.6) is 0 Å². The molecule has 2 aromatic carbocycles. The van der Waals surface area contributed by atoms with Gasteiger partial charge in [-0.15, -0.1) is 5.10 Å². The molecule has 8 heteroatoms. The SMILES string of the molecule is CC(=O)NCCNC(=O)[C@@H]1CN2CC[C@@H]1C[C@@H]2Cn1cc(-c2ccc(-c3ccccc3)cc2)nn1. The summed E-state index contributed by atoms with van der Waals surface area (Å²) in [7, 11) is 0. The van der Waals surface area contributed by atoms with Crippen molar-refractivity contribution in [1.82, 2.24) is 30.5 Å². The number of hydrogen-bond donors (Lipinski definition) is 2. The van der Waals surface area contributed by atoms with Crippen LogP contribution in [0.4, 0.5) is 0 Å². The average molecular weight is 473 g/mol. The van der Waals surface area contributed by atoms with E-state index in [1.54, 1.807) is 0 Å². The van der Waals surface area contributed by atoms with E-state index in [9.17, 15) is 9.59 Å². The lowest BCUT2D eigenvalue weighted by molar-refractivity contribution is -0.133. The zero-order chi connectivity index (χ0) is 24.2. The summed E-state index contributed by atoms with van der Waals surface area (Å²) in [5, 5.41) is 14.5. The number of aromatic nitrogens is 3. The summed E-state index contributed by atoms with van der Waals surface area (Å²) in [6, 6.07) is 19.1. The molecule has 3 aliphatic heterocycles. The molecule has 3 fully saturated rings. The second kappa shape index (κ2) is 10.4. The number of carbonyl (C=O) groups excluding carboxylic acids is 2. The minimum atomic E-state index is -0.0783. The third-order valence-corrected chi connectivity index (χ3v) is 7.24. The van der Waals surface area contributed by atoms with Gasteiger partial charge in [-0.3, -0.25) is 19.2 Å². The minimum absolute atomic E-state index is 0.0202. The summed E-state index contributed by atoms with van der Waals surface area (Å²) in [5.74, 6) is 0.432. The van der Waals surface area contributed by atoms with E-state index in [1.807, 2.05) is 29.1 Å². The predicted molar refractivity (Wildman–Crippen MR) is 134 cm³/mol. The molecule has 6 rings (SSSR count). The highest BCUT2D eigenvalue weighted by Gasteiger charge is 2.43. The number of hydrogen-bond acceptors (Lipinski definition) is 5. The molecule has 4 heterocycles. The Labute approximate surface area is 205 Å². The van der Waals surface area contributed by atoms with E-state index in [0.717, 1.165) is 43.7 Å². The van der Waals surface area contributed by atoms with Gasteiger partial charge in [0.15, 0.2) is 0 Å². The molecule has 3 saturated heterocycles. The van der Waals surface area contributed by atoms with Gasteiger partial charge in [0.1, 0.15) is 5.69 Å². The second-order valence-corrected chi connectivity index (χ2v) is 9.58. The fourth-order valence-electron chi connectivity index (χ4n) is 5.38. The van der Waals surface area contributed by atoms with Gasteiger partial charge in [-0.25, -0.2) is 0 Å². The molecular weight excluding hydrogens is 440 g/mol. The fraction of sp³-hybridized carbons (Fsp3) is 0.407. The van der Waals surface area contributed by atoms with Gasteiger partial charge in [-0.05, 0) is 36.4 Å².